The molecule has 8 heteroatoms. The summed E-state index contributed by atoms with van der Waals surface area (Å²) in [4.78, 5) is 17.6. The first-order chi connectivity index (χ1) is 10.8. The molecule has 6 nitrogen and oxygen atoms in total. The minimum absolute atomic E-state index is 0.132. The fourth-order valence-electron chi connectivity index (χ4n) is 2.68. The number of likely N-dealkylation sites (tertiary alicyclic amines) is 1. The zero-order valence-corrected chi connectivity index (χ0v) is 14.1. The molecule has 23 heavy (non-hydrogen) atoms. The normalized spacial score (nSPS) is 17.8. The highest BCUT2D eigenvalue weighted by atomic mass is 32.2. The number of hydrogen-bond donors (Lipinski definition) is 1. The fraction of sp³-hybridized carbons (Fsp3) is 0.600. The van der Waals surface area contributed by atoms with E-state index in [2.05, 4.69) is 10.3 Å². The van der Waals surface area contributed by atoms with Gasteiger partial charge in [-0.15, -0.1) is 0 Å². The number of aromatic nitrogens is 1. The monoisotopic (exact) mass is 343 g/mol. The van der Waals surface area contributed by atoms with E-state index in [-0.39, 0.29) is 23.1 Å². The van der Waals surface area contributed by atoms with Crippen LogP contribution < -0.4 is 5.32 Å². The standard InChI is InChI=1S/C15H22FN3O3S/c1-3-23(21,22)14-4-6-19(7-5-14)15(20)18-11(2)12-8-13(16)10-17-9-12/h8-11,14H,3-7H2,1-2H3,(H,18,20). The average Bonchev–Trinajstić information content (AvgIpc) is 2.55. The SMILES string of the molecule is CCS(=O)(=O)C1CCN(C(=O)NC(C)c2cncc(F)c2)CC1. The second-order valence-corrected chi connectivity index (χ2v) is 8.32. The van der Waals surface area contributed by atoms with Crippen molar-refractivity contribution in [2.75, 3.05) is 18.8 Å². The van der Waals surface area contributed by atoms with Crippen molar-refractivity contribution in [1.29, 1.82) is 0 Å². The molecule has 1 fully saturated rings. The predicted octanol–water partition coefficient (Wildman–Crippen LogP) is 1.89. The van der Waals surface area contributed by atoms with E-state index >= 15 is 0 Å². The summed E-state index contributed by atoms with van der Waals surface area (Å²) >= 11 is 0. The topological polar surface area (TPSA) is 79.4 Å². The lowest BCUT2D eigenvalue weighted by Gasteiger charge is -2.32. The molecule has 1 saturated heterocycles. The Morgan fingerprint density at radius 1 is 1.43 bits per heavy atom. The van der Waals surface area contributed by atoms with Gasteiger partial charge in [-0.05, 0) is 31.4 Å². The molecule has 0 saturated carbocycles. The maximum Gasteiger partial charge on any atom is 0.317 e. The number of carbonyl (C=O) groups is 1. The number of sulfone groups is 1. The molecular weight excluding hydrogens is 321 g/mol. The lowest BCUT2D eigenvalue weighted by molar-refractivity contribution is 0.183. The lowest BCUT2D eigenvalue weighted by Crippen LogP contribution is -2.47. The summed E-state index contributed by atoms with van der Waals surface area (Å²) in [7, 11) is -3.05. The number of hydrogen-bond acceptors (Lipinski definition) is 4. The third-order valence-electron chi connectivity index (χ3n) is 4.21. The second-order valence-electron chi connectivity index (χ2n) is 5.75. The van der Waals surface area contributed by atoms with E-state index in [1.807, 2.05) is 0 Å². The first-order valence-corrected chi connectivity index (χ1v) is 9.42. The van der Waals surface area contributed by atoms with Crippen molar-refractivity contribution in [2.45, 2.75) is 38.0 Å². The molecule has 128 valence electrons. The van der Waals surface area contributed by atoms with Crippen LogP contribution >= 0.6 is 0 Å². The van der Waals surface area contributed by atoms with Gasteiger partial charge in [-0.1, -0.05) is 6.92 Å². The largest absolute Gasteiger partial charge is 0.331 e. The fourth-order valence-corrected chi connectivity index (χ4v) is 4.08. The summed E-state index contributed by atoms with van der Waals surface area (Å²) in [6, 6.07) is 0.690. The summed E-state index contributed by atoms with van der Waals surface area (Å²) in [6.45, 7) is 4.21. The number of amides is 2. The molecule has 0 radical (unpaired) electrons. The summed E-state index contributed by atoms with van der Waals surface area (Å²) < 4.78 is 36.9. The van der Waals surface area contributed by atoms with E-state index in [0.717, 1.165) is 6.20 Å². The van der Waals surface area contributed by atoms with E-state index < -0.39 is 15.7 Å². The zero-order valence-electron chi connectivity index (χ0n) is 13.3. The van der Waals surface area contributed by atoms with Gasteiger partial charge in [0.05, 0.1) is 17.5 Å². The first-order valence-electron chi connectivity index (χ1n) is 7.71. The quantitative estimate of drug-likeness (QED) is 0.905. The van der Waals surface area contributed by atoms with Crippen LogP contribution in [-0.2, 0) is 9.84 Å². The highest BCUT2D eigenvalue weighted by molar-refractivity contribution is 7.92. The average molecular weight is 343 g/mol. The summed E-state index contributed by atoms with van der Waals surface area (Å²) in [5.41, 5.74) is 0.585. The van der Waals surface area contributed by atoms with Gasteiger partial charge in [0.2, 0.25) is 0 Å². The first kappa shape index (κ1) is 17.7. The molecule has 0 bridgehead atoms. The van der Waals surface area contributed by atoms with E-state index in [0.29, 0.717) is 31.5 Å². The van der Waals surface area contributed by atoms with Crippen LogP contribution in [0.1, 0.15) is 38.3 Å². The van der Waals surface area contributed by atoms with Crippen LogP contribution in [0.4, 0.5) is 9.18 Å². The Labute approximate surface area is 136 Å². The maximum absolute atomic E-state index is 13.2. The summed E-state index contributed by atoms with van der Waals surface area (Å²) in [5, 5.41) is 2.43. The van der Waals surface area contributed by atoms with E-state index in [1.165, 1.54) is 12.3 Å². The van der Waals surface area contributed by atoms with Crippen LogP contribution in [0.25, 0.3) is 0 Å². The Bertz CT molecular complexity index is 658. The van der Waals surface area contributed by atoms with Gasteiger partial charge in [0, 0.05) is 25.0 Å². The lowest BCUT2D eigenvalue weighted by atomic mass is 10.1. The van der Waals surface area contributed by atoms with Gasteiger partial charge in [-0.2, -0.15) is 0 Å². The van der Waals surface area contributed by atoms with Gasteiger partial charge in [0.25, 0.3) is 0 Å². The van der Waals surface area contributed by atoms with Crippen LogP contribution in [0.3, 0.4) is 0 Å². The molecule has 1 aliphatic heterocycles. The number of piperidine rings is 1. The van der Waals surface area contributed by atoms with Crippen LogP contribution in [0, 0.1) is 5.82 Å². The predicted molar refractivity (Wildman–Crippen MR) is 85.2 cm³/mol. The molecule has 0 spiro atoms. The third kappa shape index (κ3) is 4.40. The number of urea groups is 1. The van der Waals surface area contributed by atoms with Crippen molar-refractivity contribution in [3.63, 3.8) is 0 Å². The van der Waals surface area contributed by atoms with Crippen molar-refractivity contribution in [3.05, 3.63) is 29.8 Å². The summed E-state index contributed by atoms with van der Waals surface area (Å²) in [5.74, 6) is -0.317. The molecule has 1 aromatic heterocycles. The van der Waals surface area contributed by atoms with Crippen LogP contribution in [-0.4, -0.2) is 48.4 Å². The van der Waals surface area contributed by atoms with Gasteiger partial charge in [-0.3, -0.25) is 4.98 Å². The van der Waals surface area contributed by atoms with Crippen molar-refractivity contribution in [1.82, 2.24) is 15.2 Å². The van der Waals surface area contributed by atoms with Gasteiger partial charge in [-0.25, -0.2) is 17.6 Å². The number of carbonyl (C=O) groups excluding carboxylic acids is 1. The molecular formula is C15H22FN3O3S. The van der Waals surface area contributed by atoms with Gasteiger partial charge in [0.15, 0.2) is 9.84 Å². The molecule has 2 rings (SSSR count). The second kappa shape index (κ2) is 7.25. The van der Waals surface area contributed by atoms with Crippen molar-refractivity contribution < 1.29 is 17.6 Å². The number of nitrogens with one attached hydrogen (secondary N) is 1. The van der Waals surface area contributed by atoms with E-state index in [9.17, 15) is 17.6 Å². The Morgan fingerprint density at radius 3 is 2.65 bits per heavy atom. The molecule has 2 amide bonds. The van der Waals surface area contributed by atoms with Crippen molar-refractivity contribution in [2.24, 2.45) is 0 Å². The maximum atomic E-state index is 13.2. The number of pyridine rings is 1. The smallest absolute Gasteiger partial charge is 0.317 e. The zero-order chi connectivity index (χ0) is 17.0. The Kier molecular flexibility index (Phi) is 5.56. The highest BCUT2D eigenvalue weighted by Crippen LogP contribution is 2.19. The molecule has 1 aliphatic rings. The minimum Gasteiger partial charge on any atom is -0.331 e. The Balaban J connectivity index is 1.90. The molecule has 1 N–H and O–H groups in total. The van der Waals surface area contributed by atoms with Crippen molar-refractivity contribution in [3.8, 4) is 0 Å². The Morgan fingerprint density at radius 2 is 2.09 bits per heavy atom. The third-order valence-corrected chi connectivity index (χ3v) is 6.50. The molecule has 0 aliphatic carbocycles. The van der Waals surface area contributed by atoms with Crippen LogP contribution in [0.15, 0.2) is 18.5 Å². The number of nitrogens with zero attached hydrogens (tertiary/aromatic N) is 2. The van der Waals surface area contributed by atoms with Gasteiger partial charge in [0.1, 0.15) is 5.82 Å². The van der Waals surface area contributed by atoms with Crippen molar-refractivity contribution >= 4 is 15.9 Å². The van der Waals surface area contributed by atoms with Crippen LogP contribution in [0.2, 0.25) is 0 Å². The number of halogens is 1. The molecule has 1 unspecified atom stereocenters. The molecule has 0 aromatic carbocycles. The Hall–Kier alpha value is -1.70. The molecule has 2 heterocycles. The van der Waals surface area contributed by atoms with E-state index in [1.54, 1.807) is 18.7 Å². The minimum atomic E-state index is -3.05. The van der Waals surface area contributed by atoms with Crippen LogP contribution in [0.5, 0.6) is 0 Å². The summed E-state index contributed by atoms with van der Waals surface area (Å²) in [6.07, 6.45) is 3.53. The van der Waals surface area contributed by atoms with E-state index in [4.69, 9.17) is 0 Å². The van der Waals surface area contributed by atoms with Gasteiger partial charge >= 0.3 is 6.03 Å². The molecule has 1 aromatic rings. The number of rotatable bonds is 4. The highest BCUT2D eigenvalue weighted by Gasteiger charge is 2.30. The molecule has 1 atom stereocenters. The van der Waals surface area contributed by atoms with Gasteiger partial charge < -0.3 is 10.2 Å².